The van der Waals surface area contributed by atoms with E-state index in [0.29, 0.717) is 17.4 Å². The van der Waals surface area contributed by atoms with E-state index in [-0.39, 0.29) is 62.8 Å². The van der Waals surface area contributed by atoms with Crippen LogP contribution in [0.4, 0.5) is 5.69 Å². The maximum Gasteiger partial charge on any atom is 0.266 e. The molecule has 1 aromatic heterocycles. The minimum absolute atomic E-state index is 0.0504. The van der Waals surface area contributed by atoms with Crippen molar-refractivity contribution in [2.75, 3.05) is 4.90 Å². The number of carbonyl (C=O) groups excluding carboxylic acids is 4. The van der Waals surface area contributed by atoms with Crippen LogP contribution in [0.15, 0.2) is 53.3 Å². The van der Waals surface area contributed by atoms with Gasteiger partial charge >= 0.3 is 0 Å². The number of aromatic nitrogens is 2. The average Bonchev–Trinajstić information content (AvgIpc) is 3.92. The molecule has 2 fully saturated rings. The number of imide groups is 1. The molecule has 4 aliphatic rings. The maximum absolute atomic E-state index is 14.2. The molecule has 0 atom stereocenters. The molecule has 51 heavy (non-hydrogen) atoms. The fourth-order valence-corrected chi connectivity index (χ4v) is 9.01. The van der Waals surface area contributed by atoms with Gasteiger partial charge in [-0.1, -0.05) is 71.6 Å². The Kier molecular flexibility index (Phi) is 8.27. The predicted molar refractivity (Wildman–Crippen MR) is 194 cm³/mol. The number of carbonyl (C=O) groups is 4. The lowest BCUT2D eigenvalue weighted by Gasteiger charge is -2.26. The second-order valence-electron chi connectivity index (χ2n) is 15.5. The lowest BCUT2D eigenvalue weighted by molar-refractivity contribution is 0.0882. The van der Waals surface area contributed by atoms with Crippen molar-refractivity contribution in [2.24, 2.45) is 11.8 Å². The number of H-pyrrole nitrogens is 1. The number of nitrogens with zero attached hydrogens (tertiary/aromatic N) is 2. The molecule has 3 aliphatic carbocycles. The van der Waals surface area contributed by atoms with Crippen LogP contribution in [0.25, 0.3) is 10.9 Å². The van der Waals surface area contributed by atoms with Crippen LogP contribution >= 0.6 is 0 Å². The van der Waals surface area contributed by atoms with Crippen molar-refractivity contribution in [3.8, 4) is 5.75 Å². The molecule has 0 spiro atoms. The Morgan fingerprint density at radius 3 is 1.90 bits per heavy atom. The third-order valence-electron chi connectivity index (χ3n) is 11.6. The van der Waals surface area contributed by atoms with E-state index in [2.05, 4.69) is 49.8 Å². The molecule has 0 radical (unpaired) electrons. The number of para-hydroxylation sites is 1. The Balaban J connectivity index is 1.16. The molecule has 2 amide bonds. The summed E-state index contributed by atoms with van der Waals surface area (Å²) >= 11 is 0. The van der Waals surface area contributed by atoms with E-state index in [9.17, 15) is 24.0 Å². The summed E-state index contributed by atoms with van der Waals surface area (Å²) in [6.45, 7) is 8.23. The first-order valence-corrected chi connectivity index (χ1v) is 18.5. The molecule has 3 aromatic carbocycles. The zero-order chi connectivity index (χ0) is 35.7. The van der Waals surface area contributed by atoms with Gasteiger partial charge in [0.05, 0.1) is 22.2 Å². The van der Waals surface area contributed by atoms with Crippen LogP contribution in [0, 0.1) is 11.8 Å². The number of anilines is 1. The first kappa shape index (κ1) is 33.2. The van der Waals surface area contributed by atoms with Gasteiger partial charge in [-0.3, -0.25) is 24.0 Å². The van der Waals surface area contributed by atoms with Crippen molar-refractivity contribution >= 4 is 40.0 Å². The summed E-state index contributed by atoms with van der Waals surface area (Å²) in [7, 11) is 0. The summed E-state index contributed by atoms with van der Waals surface area (Å²) in [5.41, 5.74) is 2.86. The Bertz CT molecular complexity index is 2120. The third kappa shape index (κ3) is 5.43. The molecular formula is C42H43N3O6. The molecule has 9 nitrogen and oxygen atoms in total. The molecule has 0 bridgehead atoms. The van der Waals surface area contributed by atoms with Gasteiger partial charge in [-0.25, -0.2) is 9.88 Å². The number of aromatic amines is 1. The van der Waals surface area contributed by atoms with Gasteiger partial charge in [0.1, 0.15) is 29.1 Å². The predicted octanol–water partition coefficient (Wildman–Crippen LogP) is 8.26. The minimum atomic E-state index is -1.42. The normalized spacial score (nSPS) is 18.5. The SMILES string of the molecule is CC(C)C(Oc1cccc2c(=O)[nH]c(C3C(=O)c4cc5c(cc4C3=O)C(=O)N(c3cc(C4CCCC4)ccc3C3CCCC3)C5=O)nc12)C(C)C. The van der Waals surface area contributed by atoms with E-state index >= 15 is 0 Å². The fourth-order valence-electron chi connectivity index (χ4n) is 9.01. The number of nitrogens with one attached hydrogen (secondary N) is 1. The van der Waals surface area contributed by atoms with Crippen LogP contribution in [0.2, 0.25) is 0 Å². The number of Topliss-reactive ketones (excluding diaryl/α,β-unsaturated/α-hetero) is 2. The molecule has 1 N–H and O–H groups in total. The Morgan fingerprint density at radius 1 is 0.725 bits per heavy atom. The molecule has 1 aliphatic heterocycles. The summed E-state index contributed by atoms with van der Waals surface area (Å²) in [6, 6.07) is 14.2. The molecule has 8 rings (SSSR count). The Hall–Kier alpha value is -4.92. The molecule has 262 valence electrons. The number of rotatable bonds is 8. The lowest BCUT2D eigenvalue weighted by Crippen LogP contribution is -2.31. The number of ketones is 2. The standard InChI is InChI=1S/C42H43N3O6/c1-21(2)38(22(3)4)51-33-15-9-14-27-35(33)43-39(44-40(27)48)34-36(46)28-19-30-31(20-29(28)37(34)47)42(50)45(41(30)49)32-18-25(23-10-5-6-11-23)16-17-26(32)24-12-7-8-13-24/h9,14-24,34,38H,5-8,10-13H2,1-4H3,(H,43,44,48). The van der Waals surface area contributed by atoms with Crippen LogP contribution < -0.4 is 15.2 Å². The van der Waals surface area contributed by atoms with Gasteiger partial charge in [-0.15, -0.1) is 0 Å². The lowest BCUT2D eigenvalue weighted by atomic mass is 9.90. The summed E-state index contributed by atoms with van der Waals surface area (Å²) in [6.07, 6.45) is 8.58. The van der Waals surface area contributed by atoms with E-state index < -0.39 is 34.9 Å². The molecule has 4 aromatic rings. The van der Waals surface area contributed by atoms with E-state index in [1.165, 1.54) is 29.9 Å². The second-order valence-corrected chi connectivity index (χ2v) is 15.5. The number of hydrogen-bond donors (Lipinski definition) is 1. The Labute approximate surface area is 296 Å². The molecule has 0 unspecified atom stereocenters. The van der Waals surface area contributed by atoms with Crippen molar-refractivity contribution in [3.63, 3.8) is 0 Å². The van der Waals surface area contributed by atoms with Crippen molar-refractivity contribution < 1.29 is 23.9 Å². The summed E-state index contributed by atoms with van der Waals surface area (Å²) < 4.78 is 6.37. The van der Waals surface area contributed by atoms with E-state index in [4.69, 9.17) is 4.74 Å². The number of ether oxygens (including phenoxy) is 1. The fraction of sp³-hybridized carbons (Fsp3) is 0.429. The molecule has 0 saturated heterocycles. The van der Waals surface area contributed by atoms with Crippen LogP contribution in [-0.4, -0.2) is 39.5 Å². The van der Waals surface area contributed by atoms with Gasteiger partial charge in [0.25, 0.3) is 17.4 Å². The number of amides is 2. The first-order chi connectivity index (χ1) is 24.5. The summed E-state index contributed by atoms with van der Waals surface area (Å²) in [5, 5.41) is 0.280. The Morgan fingerprint density at radius 2 is 1.31 bits per heavy atom. The first-order valence-electron chi connectivity index (χ1n) is 18.5. The van der Waals surface area contributed by atoms with Gasteiger partial charge in [-0.2, -0.15) is 0 Å². The van der Waals surface area contributed by atoms with Gasteiger partial charge < -0.3 is 9.72 Å². The van der Waals surface area contributed by atoms with Crippen molar-refractivity contribution in [3.05, 3.63) is 98.1 Å². The minimum Gasteiger partial charge on any atom is -0.488 e. The molecular weight excluding hydrogens is 642 g/mol. The molecule has 2 saturated carbocycles. The third-order valence-corrected chi connectivity index (χ3v) is 11.6. The number of fused-ring (bicyclic) bond motifs is 3. The monoisotopic (exact) mass is 685 g/mol. The largest absolute Gasteiger partial charge is 0.488 e. The summed E-state index contributed by atoms with van der Waals surface area (Å²) in [5.74, 6) is -2.22. The van der Waals surface area contributed by atoms with Gasteiger partial charge in [0.15, 0.2) is 11.6 Å². The van der Waals surface area contributed by atoms with Crippen molar-refractivity contribution in [1.29, 1.82) is 0 Å². The van der Waals surface area contributed by atoms with E-state index in [1.807, 2.05) is 6.07 Å². The second kappa shape index (κ2) is 12.7. The average molecular weight is 686 g/mol. The zero-order valence-corrected chi connectivity index (χ0v) is 29.6. The van der Waals surface area contributed by atoms with Crippen LogP contribution in [0.1, 0.15) is 155 Å². The molecule has 9 heteroatoms. The van der Waals surface area contributed by atoms with Gasteiger partial charge in [0, 0.05) is 11.1 Å². The smallest absolute Gasteiger partial charge is 0.266 e. The van der Waals surface area contributed by atoms with Gasteiger partial charge in [0.2, 0.25) is 0 Å². The van der Waals surface area contributed by atoms with Crippen molar-refractivity contribution in [2.45, 2.75) is 103 Å². The number of benzene rings is 3. The molecule has 2 heterocycles. The quantitative estimate of drug-likeness (QED) is 0.146. The highest BCUT2D eigenvalue weighted by Crippen LogP contribution is 2.45. The highest BCUT2D eigenvalue weighted by molar-refractivity contribution is 6.37. The van der Waals surface area contributed by atoms with E-state index in [1.54, 1.807) is 18.2 Å². The number of hydrogen-bond acceptors (Lipinski definition) is 7. The topological polar surface area (TPSA) is 127 Å². The van der Waals surface area contributed by atoms with Crippen LogP contribution in [0.3, 0.4) is 0 Å². The van der Waals surface area contributed by atoms with Crippen LogP contribution in [-0.2, 0) is 0 Å². The van der Waals surface area contributed by atoms with Crippen LogP contribution in [0.5, 0.6) is 5.75 Å². The van der Waals surface area contributed by atoms with Gasteiger partial charge in [-0.05, 0) is 90.8 Å². The zero-order valence-electron chi connectivity index (χ0n) is 29.6. The van der Waals surface area contributed by atoms with E-state index in [0.717, 1.165) is 49.7 Å². The van der Waals surface area contributed by atoms with Crippen molar-refractivity contribution in [1.82, 2.24) is 9.97 Å². The summed E-state index contributed by atoms with van der Waals surface area (Å²) in [4.78, 5) is 78.4. The maximum atomic E-state index is 14.2. The highest BCUT2D eigenvalue weighted by Gasteiger charge is 2.46. The highest BCUT2D eigenvalue weighted by atomic mass is 16.5.